The van der Waals surface area contributed by atoms with Gasteiger partial charge in [0.15, 0.2) is 0 Å². The van der Waals surface area contributed by atoms with Crippen molar-refractivity contribution >= 4 is 17.8 Å². The van der Waals surface area contributed by atoms with Gasteiger partial charge < -0.3 is 10.2 Å². The number of amides is 2. The van der Waals surface area contributed by atoms with E-state index in [2.05, 4.69) is 35.3 Å². The van der Waals surface area contributed by atoms with Crippen molar-refractivity contribution in [3.05, 3.63) is 48.0 Å². The van der Waals surface area contributed by atoms with E-state index in [9.17, 15) is 4.79 Å². The number of nitrogens with zero attached hydrogens (tertiary/aromatic N) is 4. The predicted molar refractivity (Wildman–Crippen MR) is 95.9 cm³/mol. The van der Waals surface area contributed by atoms with Crippen LogP contribution in [0.4, 0.5) is 4.79 Å². The fraction of sp³-hybridized carbons (Fsp3) is 0.471. The van der Waals surface area contributed by atoms with Crippen LogP contribution in [0.2, 0.25) is 0 Å². The summed E-state index contributed by atoms with van der Waals surface area (Å²) in [4.78, 5) is 18.5. The Bertz CT molecular complexity index is 675. The van der Waals surface area contributed by atoms with Gasteiger partial charge in [0.25, 0.3) is 0 Å². The number of nitrogens with one attached hydrogen (secondary N) is 1. The van der Waals surface area contributed by atoms with Crippen LogP contribution in [0.1, 0.15) is 25.0 Å². The smallest absolute Gasteiger partial charge is 0.317 e. The Balaban J connectivity index is 1.63. The van der Waals surface area contributed by atoms with Gasteiger partial charge in [-0.3, -0.25) is 0 Å². The standard InChI is InChI=1S/C17H23N5OS/c1-13-14(2)24-8-7-22(13)17(23)19-9-15-5-3-4-6-16(15)10-21-12-18-11-20-21/h3-6,11-14H,7-10H2,1-2H3,(H,19,23)/t13-,14+/m0/s1. The van der Waals surface area contributed by atoms with Crippen LogP contribution in [0.5, 0.6) is 0 Å². The van der Waals surface area contributed by atoms with Crippen LogP contribution < -0.4 is 5.32 Å². The number of benzene rings is 1. The van der Waals surface area contributed by atoms with Gasteiger partial charge >= 0.3 is 6.03 Å². The van der Waals surface area contributed by atoms with Gasteiger partial charge in [-0.15, -0.1) is 0 Å². The van der Waals surface area contributed by atoms with Crippen molar-refractivity contribution in [3.8, 4) is 0 Å². The molecule has 0 spiro atoms. The van der Waals surface area contributed by atoms with Crippen LogP contribution >= 0.6 is 11.8 Å². The average Bonchev–Trinajstić information content (AvgIpc) is 3.09. The van der Waals surface area contributed by atoms with E-state index in [1.807, 2.05) is 34.9 Å². The highest BCUT2D eigenvalue weighted by Crippen LogP contribution is 2.24. The zero-order chi connectivity index (χ0) is 16.9. The second-order valence-corrected chi connectivity index (χ2v) is 7.52. The molecule has 2 aromatic rings. The summed E-state index contributed by atoms with van der Waals surface area (Å²) in [5.74, 6) is 1.00. The van der Waals surface area contributed by atoms with Gasteiger partial charge in [-0.1, -0.05) is 31.2 Å². The first-order valence-electron chi connectivity index (χ1n) is 8.20. The van der Waals surface area contributed by atoms with Crippen LogP contribution in [0.25, 0.3) is 0 Å². The highest BCUT2D eigenvalue weighted by Gasteiger charge is 2.28. The van der Waals surface area contributed by atoms with Gasteiger partial charge in [-0.25, -0.2) is 14.5 Å². The maximum atomic E-state index is 12.5. The molecule has 2 amide bonds. The monoisotopic (exact) mass is 345 g/mol. The fourth-order valence-corrected chi connectivity index (χ4v) is 3.96. The molecule has 1 aliphatic rings. The summed E-state index contributed by atoms with van der Waals surface area (Å²) in [5.41, 5.74) is 2.24. The van der Waals surface area contributed by atoms with E-state index in [4.69, 9.17) is 0 Å². The first kappa shape index (κ1) is 16.8. The number of carbonyl (C=O) groups excluding carboxylic acids is 1. The molecule has 0 bridgehead atoms. The Kier molecular flexibility index (Phi) is 5.40. The Morgan fingerprint density at radius 2 is 2.12 bits per heavy atom. The molecule has 1 aliphatic heterocycles. The fourth-order valence-electron chi connectivity index (χ4n) is 2.87. The van der Waals surface area contributed by atoms with Gasteiger partial charge in [-0.2, -0.15) is 16.9 Å². The van der Waals surface area contributed by atoms with Crippen molar-refractivity contribution in [2.45, 2.75) is 38.2 Å². The normalized spacial score (nSPS) is 20.8. The van der Waals surface area contributed by atoms with E-state index < -0.39 is 0 Å². The molecule has 1 saturated heterocycles. The van der Waals surface area contributed by atoms with Crippen molar-refractivity contribution in [3.63, 3.8) is 0 Å². The minimum Gasteiger partial charge on any atom is -0.334 e. The highest BCUT2D eigenvalue weighted by atomic mass is 32.2. The molecule has 2 heterocycles. The van der Waals surface area contributed by atoms with E-state index in [0.29, 0.717) is 18.3 Å². The average molecular weight is 345 g/mol. The van der Waals surface area contributed by atoms with Gasteiger partial charge in [0, 0.05) is 30.1 Å². The second kappa shape index (κ2) is 7.70. The summed E-state index contributed by atoms with van der Waals surface area (Å²) in [6.07, 6.45) is 3.23. The molecule has 0 unspecified atom stereocenters. The second-order valence-electron chi connectivity index (χ2n) is 6.03. The molecule has 1 aromatic carbocycles. The van der Waals surface area contributed by atoms with E-state index in [1.54, 1.807) is 11.0 Å². The van der Waals surface area contributed by atoms with Crippen molar-refractivity contribution in [1.82, 2.24) is 25.0 Å². The SMILES string of the molecule is C[C@H]1SCCN(C(=O)NCc2ccccc2Cn2cncn2)[C@H]1C. The predicted octanol–water partition coefficient (Wildman–Crippen LogP) is 2.36. The molecule has 1 fully saturated rings. The summed E-state index contributed by atoms with van der Waals surface area (Å²) in [6, 6.07) is 8.38. The molecule has 0 aliphatic carbocycles. The van der Waals surface area contributed by atoms with Gasteiger partial charge in [0.1, 0.15) is 12.7 Å². The minimum absolute atomic E-state index is 0.0187. The minimum atomic E-state index is 0.0187. The first-order chi connectivity index (χ1) is 11.6. The van der Waals surface area contributed by atoms with Crippen LogP contribution in [0.15, 0.2) is 36.9 Å². The molecule has 128 valence electrons. The molecule has 0 radical (unpaired) electrons. The number of hydrogen-bond donors (Lipinski definition) is 1. The van der Waals surface area contributed by atoms with Crippen LogP contribution in [0.3, 0.4) is 0 Å². The maximum Gasteiger partial charge on any atom is 0.317 e. The maximum absolute atomic E-state index is 12.5. The van der Waals surface area contributed by atoms with Crippen molar-refractivity contribution < 1.29 is 4.79 Å². The van der Waals surface area contributed by atoms with Crippen molar-refractivity contribution in [1.29, 1.82) is 0 Å². The highest BCUT2D eigenvalue weighted by molar-refractivity contribution is 8.00. The number of rotatable bonds is 4. The number of aromatic nitrogens is 3. The third-order valence-corrected chi connectivity index (χ3v) is 5.83. The lowest BCUT2D eigenvalue weighted by Crippen LogP contribution is -2.51. The Labute approximate surface area is 146 Å². The first-order valence-corrected chi connectivity index (χ1v) is 9.25. The van der Waals surface area contributed by atoms with Crippen LogP contribution in [0, 0.1) is 0 Å². The quantitative estimate of drug-likeness (QED) is 0.924. The third kappa shape index (κ3) is 3.90. The molecule has 3 rings (SSSR count). The van der Waals surface area contributed by atoms with Gasteiger partial charge in [0.05, 0.1) is 6.54 Å². The largest absolute Gasteiger partial charge is 0.334 e. The topological polar surface area (TPSA) is 63.1 Å². The molecule has 1 aromatic heterocycles. The summed E-state index contributed by atoms with van der Waals surface area (Å²) in [6.45, 7) is 6.29. The van der Waals surface area contributed by atoms with E-state index in [1.165, 1.54) is 6.33 Å². The Hall–Kier alpha value is -2.02. The Morgan fingerprint density at radius 3 is 2.88 bits per heavy atom. The number of urea groups is 1. The summed E-state index contributed by atoms with van der Waals surface area (Å²) < 4.78 is 1.78. The summed E-state index contributed by atoms with van der Waals surface area (Å²) in [7, 11) is 0. The van der Waals surface area contributed by atoms with Crippen molar-refractivity contribution in [2.75, 3.05) is 12.3 Å². The molecular formula is C17H23N5OS. The molecule has 24 heavy (non-hydrogen) atoms. The lowest BCUT2D eigenvalue weighted by atomic mass is 10.1. The van der Waals surface area contributed by atoms with E-state index >= 15 is 0 Å². The number of thioether (sulfide) groups is 1. The van der Waals surface area contributed by atoms with Gasteiger partial charge in [0.2, 0.25) is 0 Å². The lowest BCUT2D eigenvalue weighted by Gasteiger charge is -2.37. The molecule has 0 saturated carbocycles. The Morgan fingerprint density at radius 1 is 1.33 bits per heavy atom. The molecular weight excluding hydrogens is 322 g/mol. The summed E-state index contributed by atoms with van der Waals surface area (Å²) >= 11 is 1.93. The lowest BCUT2D eigenvalue weighted by molar-refractivity contribution is 0.180. The van der Waals surface area contributed by atoms with Crippen molar-refractivity contribution in [2.24, 2.45) is 0 Å². The molecule has 2 atom stereocenters. The third-order valence-electron chi connectivity index (χ3n) is 4.49. The zero-order valence-electron chi connectivity index (χ0n) is 14.1. The number of hydrogen-bond acceptors (Lipinski definition) is 4. The van der Waals surface area contributed by atoms with Gasteiger partial charge in [-0.05, 0) is 18.1 Å². The van der Waals surface area contributed by atoms with Crippen LogP contribution in [-0.2, 0) is 13.1 Å². The molecule has 1 N–H and O–H groups in total. The molecule has 6 nitrogen and oxygen atoms in total. The van der Waals surface area contributed by atoms with E-state index in [0.717, 1.165) is 23.4 Å². The zero-order valence-corrected chi connectivity index (χ0v) is 14.9. The van der Waals surface area contributed by atoms with E-state index in [-0.39, 0.29) is 12.1 Å². The number of carbonyl (C=O) groups is 1. The molecule has 7 heteroatoms. The summed E-state index contributed by atoms with van der Waals surface area (Å²) in [5, 5.41) is 7.70. The van der Waals surface area contributed by atoms with Crippen LogP contribution in [-0.4, -0.2) is 49.3 Å².